The topological polar surface area (TPSA) is 75.2 Å². The van der Waals surface area contributed by atoms with E-state index in [1.54, 1.807) is 7.05 Å². The Morgan fingerprint density at radius 3 is 2.52 bits per heavy atom. The van der Waals surface area contributed by atoms with Gasteiger partial charge in [0.05, 0.1) is 6.61 Å². The molecule has 0 amide bonds. The van der Waals surface area contributed by atoms with Crippen LogP contribution in [0.15, 0.2) is 0 Å². The molecule has 0 aliphatic carbocycles. The van der Waals surface area contributed by atoms with Gasteiger partial charge in [-0.25, -0.2) is 0 Å². The maximum atomic E-state index is 5.46. The van der Waals surface area contributed by atoms with Gasteiger partial charge in [-0.05, 0) is 40.3 Å². The molecular formula is C14H28N6O. The molecule has 1 heterocycles. The van der Waals surface area contributed by atoms with Crippen LogP contribution in [-0.4, -0.2) is 59.7 Å². The second-order valence-corrected chi connectivity index (χ2v) is 5.22. The number of nitrogens with zero attached hydrogens (tertiary/aromatic N) is 4. The summed E-state index contributed by atoms with van der Waals surface area (Å²) in [5, 5.41) is 6.14. The fraction of sp³-hybridized carbons (Fsp3) is 0.786. The molecule has 0 bridgehead atoms. The van der Waals surface area contributed by atoms with Crippen molar-refractivity contribution in [3.05, 3.63) is 0 Å². The Kier molecular flexibility index (Phi) is 7.74. The van der Waals surface area contributed by atoms with E-state index in [1.165, 1.54) is 0 Å². The zero-order valence-corrected chi connectivity index (χ0v) is 13.8. The minimum Gasteiger partial charge on any atom is -0.463 e. The second kappa shape index (κ2) is 9.33. The Balaban J connectivity index is 2.49. The number of hydrogen-bond donors (Lipinski definition) is 2. The number of anilines is 2. The molecule has 120 valence electrons. The lowest BCUT2D eigenvalue weighted by atomic mass is 10.3. The van der Waals surface area contributed by atoms with E-state index in [-0.39, 0.29) is 0 Å². The van der Waals surface area contributed by atoms with Crippen LogP contribution in [0.5, 0.6) is 6.01 Å². The van der Waals surface area contributed by atoms with E-state index in [9.17, 15) is 0 Å². The second-order valence-electron chi connectivity index (χ2n) is 5.22. The fourth-order valence-corrected chi connectivity index (χ4v) is 1.59. The van der Waals surface area contributed by atoms with Gasteiger partial charge in [0.1, 0.15) is 0 Å². The average molecular weight is 296 g/mol. The lowest BCUT2D eigenvalue weighted by Gasteiger charge is -2.20. The molecule has 1 aromatic rings. The van der Waals surface area contributed by atoms with Crippen LogP contribution in [0, 0.1) is 0 Å². The van der Waals surface area contributed by atoms with Crippen molar-refractivity contribution in [3.63, 3.8) is 0 Å². The Morgan fingerprint density at radius 1 is 1.19 bits per heavy atom. The summed E-state index contributed by atoms with van der Waals surface area (Å²) < 4.78 is 5.46. The zero-order valence-electron chi connectivity index (χ0n) is 13.8. The molecule has 0 saturated heterocycles. The predicted molar refractivity (Wildman–Crippen MR) is 86.0 cm³/mol. The molecule has 0 atom stereocenters. The van der Waals surface area contributed by atoms with Crippen LogP contribution in [0.3, 0.4) is 0 Å². The lowest BCUT2D eigenvalue weighted by Crippen LogP contribution is -2.28. The number of hydrogen-bond acceptors (Lipinski definition) is 7. The molecule has 0 aromatic carbocycles. The highest BCUT2D eigenvalue weighted by Crippen LogP contribution is 2.11. The van der Waals surface area contributed by atoms with E-state index in [2.05, 4.69) is 51.4 Å². The predicted octanol–water partition coefficient (Wildman–Crippen LogP) is 1.84. The number of rotatable bonds is 10. The Bertz CT molecular complexity index is 412. The molecule has 1 aromatic heterocycles. The quantitative estimate of drug-likeness (QED) is 0.638. The van der Waals surface area contributed by atoms with Crippen molar-refractivity contribution >= 4 is 11.9 Å². The normalized spacial score (nSPS) is 11.0. The highest BCUT2D eigenvalue weighted by atomic mass is 16.5. The summed E-state index contributed by atoms with van der Waals surface area (Å²) in [6.07, 6.45) is 1.95. The van der Waals surface area contributed by atoms with Gasteiger partial charge in [0.15, 0.2) is 0 Å². The smallest absolute Gasteiger partial charge is 0.323 e. The number of nitrogens with one attached hydrogen (secondary N) is 2. The first-order valence-corrected chi connectivity index (χ1v) is 7.57. The molecule has 1 rings (SSSR count). The van der Waals surface area contributed by atoms with Gasteiger partial charge in [-0.3, -0.25) is 0 Å². The summed E-state index contributed by atoms with van der Waals surface area (Å²) >= 11 is 0. The minimum absolute atomic E-state index is 0.359. The van der Waals surface area contributed by atoms with E-state index >= 15 is 0 Å². The fourth-order valence-electron chi connectivity index (χ4n) is 1.59. The van der Waals surface area contributed by atoms with E-state index in [1.807, 2.05) is 6.92 Å². The summed E-state index contributed by atoms with van der Waals surface area (Å²) in [6, 6.07) is 0.921. The number of aromatic nitrogens is 3. The van der Waals surface area contributed by atoms with Crippen molar-refractivity contribution in [1.29, 1.82) is 0 Å². The van der Waals surface area contributed by atoms with Crippen molar-refractivity contribution in [2.75, 3.05) is 44.4 Å². The standard InChI is InChI=1S/C14H28N6O/c1-6-10-21-14-18-12(15-4)17-13(19-14)16-8-7-9-20(5)11(2)3/h11H,6-10H2,1-5H3,(H2,15,16,17,18,19). The van der Waals surface area contributed by atoms with E-state index in [0.29, 0.717) is 30.6 Å². The lowest BCUT2D eigenvalue weighted by molar-refractivity contribution is 0.273. The monoisotopic (exact) mass is 296 g/mol. The van der Waals surface area contributed by atoms with Crippen LogP contribution in [-0.2, 0) is 0 Å². The largest absolute Gasteiger partial charge is 0.463 e. The van der Waals surface area contributed by atoms with Crippen molar-refractivity contribution < 1.29 is 4.74 Å². The molecule has 21 heavy (non-hydrogen) atoms. The van der Waals surface area contributed by atoms with Gasteiger partial charge in [-0.15, -0.1) is 0 Å². The third-order valence-electron chi connectivity index (χ3n) is 3.13. The Labute approximate surface area is 127 Å². The van der Waals surface area contributed by atoms with Crippen LogP contribution in [0.1, 0.15) is 33.6 Å². The third-order valence-corrected chi connectivity index (χ3v) is 3.13. The summed E-state index contributed by atoms with van der Waals surface area (Å²) in [4.78, 5) is 15.0. The average Bonchev–Trinajstić information content (AvgIpc) is 2.48. The summed E-state index contributed by atoms with van der Waals surface area (Å²) in [7, 11) is 3.91. The molecule has 0 aliphatic rings. The summed E-state index contributed by atoms with van der Waals surface area (Å²) in [5.74, 6) is 1.06. The minimum atomic E-state index is 0.359. The Morgan fingerprint density at radius 2 is 1.90 bits per heavy atom. The van der Waals surface area contributed by atoms with Crippen molar-refractivity contribution in [3.8, 4) is 6.01 Å². The van der Waals surface area contributed by atoms with Crippen LogP contribution in [0.4, 0.5) is 11.9 Å². The maximum Gasteiger partial charge on any atom is 0.323 e. The highest BCUT2D eigenvalue weighted by molar-refractivity contribution is 5.35. The summed E-state index contributed by atoms with van der Waals surface area (Å²) in [5.41, 5.74) is 0. The third kappa shape index (κ3) is 6.57. The molecule has 7 heteroatoms. The van der Waals surface area contributed by atoms with E-state index < -0.39 is 0 Å². The van der Waals surface area contributed by atoms with Crippen LogP contribution < -0.4 is 15.4 Å². The molecule has 0 radical (unpaired) electrons. The molecule has 0 fully saturated rings. The highest BCUT2D eigenvalue weighted by Gasteiger charge is 2.07. The van der Waals surface area contributed by atoms with Crippen LogP contribution in [0.25, 0.3) is 0 Å². The summed E-state index contributed by atoms with van der Waals surface area (Å²) in [6.45, 7) is 8.88. The van der Waals surface area contributed by atoms with E-state index in [4.69, 9.17) is 4.74 Å². The molecule has 7 nitrogen and oxygen atoms in total. The molecule has 0 unspecified atom stereocenters. The molecule has 2 N–H and O–H groups in total. The molecule has 0 saturated carbocycles. The SMILES string of the molecule is CCCOc1nc(NC)nc(NCCCN(C)C(C)C)n1. The van der Waals surface area contributed by atoms with Gasteiger partial charge in [0, 0.05) is 19.6 Å². The Hall–Kier alpha value is -1.63. The zero-order chi connectivity index (χ0) is 15.7. The number of ether oxygens (including phenoxy) is 1. The maximum absolute atomic E-state index is 5.46. The first-order valence-electron chi connectivity index (χ1n) is 7.57. The molecule has 0 aliphatic heterocycles. The van der Waals surface area contributed by atoms with Crippen LogP contribution >= 0.6 is 0 Å². The van der Waals surface area contributed by atoms with Gasteiger partial charge < -0.3 is 20.3 Å². The van der Waals surface area contributed by atoms with Gasteiger partial charge in [-0.1, -0.05) is 6.92 Å². The van der Waals surface area contributed by atoms with Crippen LogP contribution in [0.2, 0.25) is 0 Å². The van der Waals surface area contributed by atoms with Gasteiger partial charge >= 0.3 is 6.01 Å². The van der Waals surface area contributed by atoms with E-state index in [0.717, 1.165) is 25.9 Å². The van der Waals surface area contributed by atoms with Crippen molar-refractivity contribution in [2.24, 2.45) is 0 Å². The van der Waals surface area contributed by atoms with Gasteiger partial charge in [-0.2, -0.15) is 15.0 Å². The first kappa shape index (κ1) is 17.4. The molecular weight excluding hydrogens is 268 g/mol. The van der Waals surface area contributed by atoms with Gasteiger partial charge in [0.2, 0.25) is 11.9 Å². The van der Waals surface area contributed by atoms with Crippen molar-refractivity contribution in [2.45, 2.75) is 39.7 Å². The molecule has 0 spiro atoms. The van der Waals surface area contributed by atoms with Gasteiger partial charge in [0.25, 0.3) is 0 Å². The van der Waals surface area contributed by atoms with Crippen molar-refractivity contribution in [1.82, 2.24) is 19.9 Å². The first-order chi connectivity index (χ1) is 10.1.